The van der Waals surface area contributed by atoms with Gasteiger partial charge in [-0.05, 0) is 34.2 Å². The maximum Gasteiger partial charge on any atom is 0.0673 e. The summed E-state index contributed by atoms with van der Waals surface area (Å²) in [6.45, 7) is 13.8. The predicted octanol–water partition coefficient (Wildman–Crippen LogP) is 2.14. The molecule has 0 N–H and O–H groups in total. The minimum absolute atomic E-state index is 0.359. The van der Waals surface area contributed by atoms with Crippen LogP contribution in [0.5, 0.6) is 0 Å². The van der Waals surface area contributed by atoms with Gasteiger partial charge >= 0.3 is 0 Å². The number of likely N-dealkylation sites (N-methyl/N-ethyl adjacent to an activating group) is 1. The quantitative estimate of drug-likeness (QED) is 0.610. The fourth-order valence-corrected chi connectivity index (χ4v) is 1.37. The van der Waals surface area contributed by atoms with Crippen LogP contribution in [0.25, 0.3) is 0 Å². The van der Waals surface area contributed by atoms with Gasteiger partial charge in [-0.2, -0.15) is 0 Å². The van der Waals surface area contributed by atoms with E-state index in [2.05, 4.69) is 32.6 Å². The van der Waals surface area contributed by atoms with E-state index in [0.29, 0.717) is 12.1 Å². The molecule has 0 aliphatic rings. The first-order valence-corrected chi connectivity index (χ1v) is 4.97. The minimum atomic E-state index is 0.359. The fraction of sp³-hybridized carbons (Fsp3) is 1.00. The molecule has 0 heterocycles. The molecule has 0 amide bonds. The van der Waals surface area contributed by atoms with Crippen molar-refractivity contribution in [1.29, 1.82) is 0 Å². The molecule has 0 aromatic heterocycles. The summed E-state index contributed by atoms with van der Waals surface area (Å²) >= 11 is 0. The van der Waals surface area contributed by atoms with Crippen LogP contribution in [0.4, 0.5) is 0 Å². The molecule has 0 aromatic carbocycles. The van der Waals surface area contributed by atoms with Gasteiger partial charge in [0, 0.05) is 19.2 Å². The summed E-state index contributed by atoms with van der Waals surface area (Å²) in [6, 6.07) is 0.623. The van der Waals surface area contributed by atoms with E-state index in [4.69, 9.17) is 4.74 Å². The number of rotatable bonds is 6. The van der Waals surface area contributed by atoms with Crippen molar-refractivity contribution in [2.75, 3.05) is 19.7 Å². The van der Waals surface area contributed by atoms with E-state index in [1.165, 1.54) is 0 Å². The van der Waals surface area contributed by atoms with Crippen LogP contribution in [0, 0.1) is 0 Å². The Morgan fingerprint density at radius 3 is 2.08 bits per heavy atom. The zero-order valence-corrected chi connectivity index (χ0v) is 9.13. The number of hydrogen-bond acceptors (Lipinski definition) is 2. The predicted molar refractivity (Wildman–Crippen MR) is 53.5 cm³/mol. The summed E-state index contributed by atoms with van der Waals surface area (Å²) in [4.78, 5) is 2.42. The third kappa shape index (κ3) is 4.73. The van der Waals surface area contributed by atoms with Crippen molar-refractivity contribution in [3.8, 4) is 0 Å². The maximum absolute atomic E-state index is 5.48. The van der Waals surface area contributed by atoms with Gasteiger partial charge in [0.2, 0.25) is 0 Å². The molecule has 0 aromatic rings. The molecule has 12 heavy (non-hydrogen) atoms. The summed E-state index contributed by atoms with van der Waals surface area (Å²) in [6.07, 6.45) is 0.359. The molecular weight excluding hydrogens is 150 g/mol. The summed E-state index contributed by atoms with van der Waals surface area (Å²) in [7, 11) is 0. The van der Waals surface area contributed by atoms with Gasteiger partial charge in [-0.3, -0.25) is 4.90 Å². The molecule has 0 saturated heterocycles. The van der Waals surface area contributed by atoms with Crippen LogP contribution in [-0.4, -0.2) is 36.7 Å². The second-order valence-electron chi connectivity index (χ2n) is 3.45. The minimum Gasteiger partial charge on any atom is -0.377 e. The standard InChI is InChI=1S/C10H23NO/c1-6-11(9(3)4)8-10(5)12-7-2/h9-10H,6-8H2,1-5H3. The molecule has 0 fully saturated rings. The Morgan fingerprint density at radius 1 is 1.17 bits per heavy atom. The normalized spacial score (nSPS) is 14.2. The highest BCUT2D eigenvalue weighted by molar-refractivity contribution is 4.64. The van der Waals surface area contributed by atoms with E-state index in [1.54, 1.807) is 0 Å². The molecule has 0 spiro atoms. The average molecular weight is 173 g/mol. The van der Waals surface area contributed by atoms with Gasteiger partial charge in [-0.25, -0.2) is 0 Å². The molecule has 0 saturated carbocycles. The highest BCUT2D eigenvalue weighted by Gasteiger charge is 2.10. The van der Waals surface area contributed by atoms with Crippen molar-refractivity contribution in [3.05, 3.63) is 0 Å². The maximum atomic E-state index is 5.48. The first kappa shape index (κ1) is 11.9. The van der Waals surface area contributed by atoms with Crippen molar-refractivity contribution < 1.29 is 4.74 Å². The third-order valence-corrected chi connectivity index (χ3v) is 2.08. The van der Waals surface area contributed by atoms with Gasteiger partial charge in [0.25, 0.3) is 0 Å². The highest BCUT2D eigenvalue weighted by atomic mass is 16.5. The Hall–Kier alpha value is -0.0800. The first-order chi connectivity index (χ1) is 5.61. The molecule has 74 valence electrons. The fourth-order valence-electron chi connectivity index (χ4n) is 1.37. The van der Waals surface area contributed by atoms with Crippen LogP contribution in [0.3, 0.4) is 0 Å². The zero-order valence-electron chi connectivity index (χ0n) is 9.13. The highest BCUT2D eigenvalue weighted by Crippen LogP contribution is 2.01. The van der Waals surface area contributed by atoms with Crippen LogP contribution >= 0.6 is 0 Å². The summed E-state index contributed by atoms with van der Waals surface area (Å²) in [5, 5.41) is 0. The second-order valence-corrected chi connectivity index (χ2v) is 3.45. The molecular formula is C10H23NO. The lowest BCUT2D eigenvalue weighted by Crippen LogP contribution is -2.37. The Balaban J connectivity index is 3.69. The molecule has 2 nitrogen and oxygen atoms in total. The molecule has 0 bridgehead atoms. The van der Waals surface area contributed by atoms with Gasteiger partial charge in [0.05, 0.1) is 6.10 Å². The average Bonchev–Trinajstić information content (AvgIpc) is 2.00. The van der Waals surface area contributed by atoms with E-state index < -0.39 is 0 Å². The second kappa shape index (κ2) is 6.44. The van der Waals surface area contributed by atoms with Gasteiger partial charge < -0.3 is 4.74 Å². The Bertz CT molecular complexity index is 104. The topological polar surface area (TPSA) is 12.5 Å². The number of ether oxygens (including phenoxy) is 1. The molecule has 0 aliphatic heterocycles. The zero-order chi connectivity index (χ0) is 9.56. The van der Waals surface area contributed by atoms with E-state index in [-0.39, 0.29) is 0 Å². The Kier molecular flexibility index (Phi) is 6.39. The number of hydrogen-bond donors (Lipinski definition) is 0. The largest absolute Gasteiger partial charge is 0.377 e. The van der Waals surface area contributed by atoms with E-state index in [0.717, 1.165) is 19.7 Å². The van der Waals surface area contributed by atoms with Crippen LogP contribution in [-0.2, 0) is 4.74 Å². The number of nitrogens with zero attached hydrogens (tertiary/aromatic N) is 1. The van der Waals surface area contributed by atoms with E-state index in [1.807, 2.05) is 6.92 Å². The summed E-state index contributed by atoms with van der Waals surface area (Å²) < 4.78 is 5.48. The third-order valence-electron chi connectivity index (χ3n) is 2.08. The van der Waals surface area contributed by atoms with Crippen molar-refractivity contribution in [2.24, 2.45) is 0 Å². The summed E-state index contributed by atoms with van der Waals surface area (Å²) in [5.74, 6) is 0. The van der Waals surface area contributed by atoms with E-state index >= 15 is 0 Å². The van der Waals surface area contributed by atoms with Crippen molar-refractivity contribution in [2.45, 2.75) is 46.8 Å². The molecule has 1 unspecified atom stereocenters. The van der Waals surface area contributed by atoms with Crippen LogP contribution in [0.15, 0.2) is 0 Å². The molecule has 0 aliphatic carbocycles. The lowest BCUT2D eigenvalue weighted by Gasteiger charge is -2.27. The van der Waals surface area contributed by atoms with Gasteiger partial charge in [-0.1, -0.05) is 6.92 Å². The molecule has 0 rings (SSSR count). The van der Waals surface area contributed by atoms with Gasteiger partial charge in [-0.15, -0.1) is 0 Å². The lowest BCUT2D eigenvalue weighted by molar-refractivity contribution is 0.0390. The van der Waals surface area contributed by atoms with Gasteiger partial charge in [0.15, 0.2) is 0 Å². The van der Waals surface area contributed by atoms with Crippen LogP contribution in [0.1, 0.15) is 34.6 Å². The van der Waals surface area contributed by atoms with Crippen molar-refractivity contribution in [3.63, 3.8) is 0 Å². The van der Waals surface area contributed by atoms with Crippen molar-refractivity contribution >= 4 is 0 Å². The molecule has 2 heteroatoms. The molecule has 1 atom stereocenters. The molecule has 0 radical (unpaired) electrons. The van der Waals surface area contributed by atoms with Gasteiger partial charge in [0.1, 0.15) is 0 Å². The SMILES string of the molecule is CCOC(C)CN(CC)C(C)C. The van der Waals surface area contributed by atoms with E-state index in [9.17, 15) is 0 Å². The lowest BCUT2D eigenvalue weighted by atomic mass is 10.2. The summed E-state index contributed by atoms with van der Waals surface area (Å²) in [5.41, 5.74) is 0. The van der Waals surface area contributed by atoms with Crippen molar-refractivity contribution in [1.82, 2.24) is 4.90 Å². The Labute approximate surface area is 76.9 Å². The smallest absolute Gasteiger partial charge is 0.0673 e. The van der Waals surface area contributed by atoms with Crippen LogP contribution < -0.4 is 0 Å². The van der Waals surface area contributed by atoms with Crippen LogP contribution in [0.2, 0.25) is 0 Å². The monoisotopic (exact) mass is 173 g/mol. The first-order valence-electron chi connectivity index (χ1n) is 4.97. The Morgan fingerprint density at radius 2 is 1.75 bits per heavy atom.